The van der Waals surface area contributed by atoms with Crippen LogP contribution in [0.25, 0.3) is 0 Å². The van der Waals surface area contributed by atoms with Crippen LogP contribution in [0.15, 0.2) is 42.7 Å². The number of benzene rings is 1. The predicted octanol–water partition coefficient (Wildman–Crippen LogP) is 2.75. The van der Waals surface area contributed by atoms with E-state index in [0.29, 0.717) is 5.92 Å². The molecule has 3 heteroatoms. The maximum atomic E-state index is 4.26. The Kier molecular flexibility index (Phi) is 5.16. The highest BCUT2D eigenvalue weighted by Crippen LogP contribution is 2.19. The lowest BCUT2D eigenvalue weighted by atomic mass is 9.93. The summed E-state index contributed by atoms with van der Waals surface area (Å²) in [5.74, 6) is 0.511. The fraction of sp³-hybridized carbons (Fsp3) is 0.438. The van der Waals surface area contributed by atoms with Gasteiger partial charge in [-0.15, -0.1) is 0 Å². The second kappa shape index (κ2) is 7.10. The molecule has 0 radical (unpaired) electrons. The quantitative estimate of drug-likeness (QED) is 0.773. The Morgan fingerprint density at radius 1 is 1.26 bits per heavy atom. The van der Waals surface area contributed by atoms with Gasteiger partial charge in [0.15, 0.2) is 0 Å². The van der Waals surface area contributed by atoms with Crippen molar-refractivity contribution in [1.29, 1.82) is 0 Å². The summed E-state index contributed by atoms with van der Waals surface area (Å²) in [6, 6.07) is 10.7. The summed E-state index contributed by atoms with van der Waals surface area (Å²) < 4.78 is 1.87. The van der Waals surface area contributed by atoms with Gasteiger partial charge in [0.25, 0.3) is 0 Å². The van der Waals surface area contributed by atoms with Gasteiger partial charge >= 0.3 is 0 Å². The molecule has 0 aliphatic rings. The standard InChI is InChI=1S/C16H23N3/c1-3-9-17-12-16(15-7-5-4-6-8-15)10-14-11-18-19(2)13-14/h4-8,11,13,16-17H,3,9-10,12H2,1-2H3. The SMILES string of the molecule is CCCNCC(Cc1cnn(C)c1)c1ccccc1. The summed E-state index contributed by atoms with van der Waals surface area (Å²) in [5.41, 5.74) is 2.70. The zero-order valence-corrected chi connectivity index (χ0v) is 11.8. The van der Waals surface area contributed by atoms with Crippen molar-refractivity contribution in [3.05, 3.63) is 53.9 Å². The van der Waals surface area contributed by atoms with E-state index < -0.39 is 0 Å². The maximum Gasteiger partial charge on any atom is 0.0521 e. The minimum Gasteiger partial charge on any atom is -0.316 e. The first-order chi connectivity index (χ1) is 9.29. The Balaban J connectivity index is 2.05. The van der Waals surface area contributed by atoms with Crippen LogP contribution in [-0.2, 0) is 13.5 Å². The molecule has 1 unspecified atom stereocenters. The molecule has 2 aromatic rings. The van der Waals surface area contributed by atoms with Crippen LogP contribution in [0.2, 0.25) is 0 Å². The first-order valence-corrected chi connectivity index (χ1v) is 7.02. The van der Waals surface area contributed by atoms with Crippen molar-refractivity contribution >= 4 is 0 Å². The van der Waals surface area contributed by atoms with Crippen LogP contribution < -0.4 is 5.32 Å². The third-order valence-electron chi connectivity index (χ3n) is 3.33. The molecular weight excluding hydrogens is 234 g/mol. The molecule has 1 atom stereocenters. The molecule has 1 heterocycles. The molecule has 19 heavy (non-hydrogen) atoms. The van der Waals surface area contributed by atoms with E-state index in [4.69, 9.17) is 0 Å². The van der Waals surface area contributed by atoms with Gasteiger partial charge in [-0.25, -0.2) is 0 Å². The minimum atomic E-state index is 0.511. The van der Waals surface area contributed by atoms with Gasteiger partial charge in [-0.3, -0.25) is 4.68 Å². The van der Waals surface area contributed by atoms with Gasteiger partial charge in [-0.1, -0.05) is 37.3 Å². The van der Waals surface area contributed by atoms with Crippen LogP contribution in [0.4, 0.5) is 0 Å². The molecule has 0 amide bonds. The van der Waals surface area contributed by atoms with Crippen molar-refractivity contribution in [2.75, 3.05) is 13.1 Å². The van der Waals surface area contributed by atoms with Crippen molar-refractivity contribution < 1.29 is 0 Å². The number of rotatable bonds is 7. The molecule has 0 saturated carbocycles. The van der Waals surface area contributed by atoms with E-state index in [-0.39, 0.29) is 0 Å². The molecule has 102 valence electrons. The highest BCUT2D eigenvalue weighted by molar-refractivity contribution is 5.22. The van der Waals surface area contributed by atoms with Gasteiger partial charge in [-0.05, 0) is 30.5 Å². The number of aromatic nitrogens is 2. The van der Waals surface area contributed by atoms with Crippen LogP contribution in [0, 0.1) is 0 Å². The van der Waals surface area contributed by atoms with E-state index in [2.05, 4.69) is 53.9 Å². The Morgan fingerprint density at radius 2 is 2.05 bits per heavy atom. The molecule has 1 aromatic heterocycles. The second-order valence-electron chi connectivity index (χ2n) is 5.04. The normalized spacial score (nSPS) is 12.5. The summed E-state index contributed by atoms with van der Waals surface area (Å²) in [7, 11) is 1.97. The van der Waals surface area contributed by atoms with Gasteiger partial charge in [0.1, 0.15) is 0 Å². The average molecular weight is 257 g/mol. The van der Waals surface area contributed by atoms with Crippen molar-refractivity contribution in [3.8, 4) is 0 Å². The zero-order chi connectivity index (χ0) is 13.5. The molecular formula is C16H23N3. The largest absolute Gasteiger partial charge is 0.316 e. The second-order valence-corrected chi connectivity index (χ2v) is 5.04. The highest BCUT2D eigenvalue weighted by atomic mass is 15.2. The van der Waals surface area contributed by atoms with Crippen LogP contribution >= 0.6 is 0 Å². The van der Waals surface area contributed by atoms with E-state index >= 15 is 0 Å². The lowest BCUT2D eigenvalue weighted by Gasteiger charge is -2.17. The van der Waals surface area contributed by atoms with Gasteiger partial charge < -0.3 is 5.32 Å². The number of aryl methyl sites for hydroxylation is 1. The summed E-state index contributed by atoms with van der Waals surface area (Å²) in [6.07, 6.45) is 6.29. The fourth-order valence-electron chi connectivity index (χ4n) is 2.35. The Labute approximate surface area is 115 Å². The summed E-state index contributed by atoms with van der Waals surface area (Å²) in [4.78, 5) is 0. The molecule has 2 rings (SSSR count). The lowest BCUT2D eigenvalue weighted by molar-refractivity contribution is 0.576. The summed E-state index contributed by atoms with van der Waals surface area (Å²) >= 11 is 0. The minimum absolute atomic E-state index is 0.511. The Hall–Kier alpha value is -1.61. The average Bonchev–Trinajstić information content (AvgIpc) is 2.84. The van der Waals surface area contributed by atoms with Gasteiger partial charge in [0.05, 0.1) is 6.20 Å². The first kappa shape index (κ1) is 13.8. The molecule has 3 nitrogen and oxygen atoms in total. The third kappa shape index (κ3) is 4.21. The first-order valence-electron chi connectivity index (χ1n) is 7.02. The molecule has 0 aliphatic carbocycles. The van der Waals surface area contributed by atoms with Crippen molar-refractivity contribution in [2.24, 2.45) is 7.05 Å². The molecule has 0 bridgehead atoms. The molecule has 1 aromatic carbocycles. The number of nitrogens with zero attached hydrogens (tertiary/aromatic N) is 2. The van der Waals surface area contributed by atoms with E-state index in [0.717, 1.165) is 19.5 Å². The highest BCUT2D eigenvalue weighted by Gasteiger charge is 2.12. The van der Waals surface area contributed by atoms with Crippen molar-refractivity contribution in [2.45, 2.75) is 25.7 Å². The number of hydrogen-bond donors (Lipinski definition) is 1. The Morgan fingerprint density at radius 3 is 2.68 bits per heavy atom. The summed E-state index contributed by atoms with van der Waals surface area (Å²) in [6.45, 7) is 4.30. The molecule has 1 N–H and O–H groups in total. The smallest absolute Gasteiger partial charge is 0.0521 e. The van der Waals surface area contributed by atoms with Crippen molar-refractivity contribution in [1.82, 2.24) is 15.1 Å². The predicted molar refractivity (Wildman–Crippen MR) is 79.3 cm³/mol. The summed E-state index contributed by atoms with van der Waals surface area (Å²) in [5, 5.41) is 7.79. The Bertz CT molecular complexity index is 476. The molecule has 0 saturated heterocycles. The molecule has 0 spiro atoms. The topological polar surface area (TPSA) is 29.9 Å². The lowest BCUT2D eigenvalue weighted by Crippen LogP contribution is -2.23. The van der Waals surface area contributed by atoms with E-state index in [9.17, 15) is 0 Å². The number of hydrogen-bond acceptors (Lipinski definition) is 2. The third-order valence-corrected chi connectivity index (χ3v) is 3.33. The molecule has 0 aliphatic heterocycles. The maximum absolute atomic E-state index is 4.26. The van der Waals surface area contributed by atoms with E-state index in [1.807, 2.05) is 17.9 Å². The van der Waals surface area contributed by atoms with Crippen LogP contribution in [0.1, 0.15) is 30.4 Å². The van der Waals surface area contributed by atoms with Gasteiger partial charge in [0.2, 0.25) is 0 Å². The number of nitrogens with one attached hydrogen (secondary N) is 1. The van der Waals surface area contributed by atoms with Gasteiger partial charge in [-0.2, -0.15) is 5.10 Å². The van der Waals surface area contributed by atoms with Crippen LogP contribution in [0.5, 0.6) is 0 Å². The van der Waals surface area contributed by atoms with Crippen LogP contribution in [0.3, 0.4) is 0 Å². The van der Waals surface area contributed by atoms with Crippen LogP contribution in [-0.4, -0.2) is 22.9 Å². The van der Waals surface area contributed by atoms with E-state index in [1.54, 1.807) is 0 Å². The molecule has 0 fully saturated rings. The zero-order valence-electron chi connectivity index (χ0n) is 11.8. The van der Waals surface area contributed by atoms with E-state index in [1.165, 1.54) is 17.5 Å². The van der Waals surface area contributed by atoms with Crippen molar-refractivity contribution in [3.63, 3.8) is 0 Å². The fourth-order valence-corrected chi connectivity index (χ4v) is 2.35. The monoisotopic (exact) mass is 257 g/mol. The van der Waals surface area contributed by atoms with Gasteiger partial charge in [0, 0.05) is 25.7 Å².